The van der Waals surface area contributed by atoms with E-state index in [0.29, 0.717) is 5.56 Å². The summed E-state index contributed by atoms with van der Waals surface area (Å²) >= 11 is 6.78. The average Bonchev–Trinajstić information content (AvgIpc) is 2.34. The Balaban J connectivity index is 2.18. The van der Waals surface area contributed by atoms with Gasteiger partial charge in [0.25, 0.3) is 5.91 Å². The number of amides is 1. The zero-order chi connectivity index (χ0) is 13.1. The smallest absolute Gasteiger partial charge is 0.255 e. The third-order valence-electron chi connectivity index (χ3n) is 2.50. The van der Waals surface area contributed by atoms with Crippen LogP contribution in [0.4, 0.5) is 5.69 Å². The van der Waals surface area contributed by atoms with E-state index < -0.39 is 0 Å². The summed E-state index contributed by atoms with van der Waals surface area (Å²) in [5.74, 6) is -0.113. The lowest BCUT2D eigenvalue weighted by molar-refractivity contribution is 0.102. The summed E-state index contributed by atoms with van der Waals surface area (Å²) in [6.07, 6.45) is 0. The van der Waals surface area contributed by atoms with Gasteiger partial charge < -0.3 is 5.32 Å². The van der Waals surface area contributed by atoms with Gasteiger partial charge in [-0.15, -0.1) is 0 Å². The minimum Gasteiger partial charge on any atom is -0.322 e. The normalized spacial score (nSPS) is 10.2. The van der Waals surface area contributed by atoms with Gasteiger partial charge in [0.15, 0.2) is 0 Å². The molecule has 0 aliphatic carbocycles. The Labute approximate surface area is 123 Å². The van der Waals surface area contributed by atoms with E-state index in [1.807, 2.05) is 37.3 Å². The standard InChI is InChI=1S/C14H11Br2NO/c1-9-7-12(5-6-13(9)16)17-14(18)10-3-2-4-11(15)8-10/h2-8H,1H3,(H,17,18). The van der Waals surface area contributed by atoms with E-state index in [1.165, 1.54) is 0 Å². The number of hydrogen-bond donors (Lipinski definition) is 1. The molecule has 0 unspecified atom stereocenters. The van der Waals surface area contributed by atoms with Gasteiger partial charge in [-0.2, -0.15) is 0 Å². The van der Waals surface area contributed by atoms with E-state index >= 15 is 0 Å². The van der Waals surface area contributed by atoms with Crippen LogP contribution in [-0.4, -0.2) is 5.91 Å². The van der Waals surface area contributed by atoms with Gasteiger partial charge in [0.05, 0.1) is 0 Å². The van der Waals surface area contributed by atoms with Crippen molar-refractivity contribution in [2.75, 3.05) is 5.32 Å². The van der Waals surface area contributed by atoms with Crippen molar-refractivity contribution in [1.82, 2.24) is 0 Å². The van der Waals surface area contributed by atoms with Gasteiger partial charge in [-0.3, -0.25) is 4.79 Å². The molecule has 0 heterocycles. The Morgan fingerprint density at radius 1 is 1.11 bits per heavy atom. The molecule has 0 saturated carbocycles. The third-order valence-corrected chi connectivity index (χ3v) is 3.89. The Kier molecular flexibility index (Phi) is 4.19. The fourth-order valence-electron chi connectivity index (χ4n) is 1.56. The molecule has 1 amide bonds. The van der Waals surface area contributed by atoms with Crippen LogP contribution in [0.1, 0.15) is 15.9 Å². The first-order valence-corrected chi connectivity index (χ1v) is 6.98. The van der Waals surface area contributed by atoms with Gasteiger partial charge in [-0.05, 0) is 48.9 Å². The van der Waals surface area contributed by atoms with Crippen molar-refractivity contribution in [2.24, 2.45) is 0 Å². The molecule has 0 spiro atoms. The minimum atomic E-state index is -0.113. The lowest BCUT2D eigenvalue weighted by atomic mass is 10.2. The summed E-state index contributed by atoms with van der Waals surface area (Å²) in [5.41, 5.74) is 2.51. The molecule has 92 valence electrons. The summed E-state index contributed by atoms with van der Waals surface area (Å²) in [5, 5.41) is 2.87. The molecule has 1 N–H and O–H groups in total. The number of aryl methyl sites for hydroxylation is 1. The van der Waals surface area contributed by atoms with E-state index in [0.717, 1.165) is 20.2 Å². The van der Waals surface area contributed by atoms with E-state index in [1.54, 1.807) is 12.1 Å². The van der Waals surface area contributed by atoms with Crippen LogP contribution in [0.5, 0.6) is 0 Å². The molecule has 0 fully saturated rings. The van der Waals surface area contributed by atoms with Crippen LogP contribution in [0.2, 0.25) is 0 Å². The van der Waals surface area contributed by atoms with Crippen molar-refractivity contribution in [3.8, 4) is 0 Å². The Morgan fingerprint density at radius 2 is 1.89 bits per heavy atom. The maximum absolute atomic E-state index is 12.0. The van der Waals surface area contributed by atoms with Crippen LogP contribution in [0, 0.1) is 6.92 Å². The highest BCUT2D eigenvalue weighted by Gasteiger charge is 2.06. The number of anilines is 1. The maximum atomic E-state index is 12.0. The third kappa shape index (κ3) is 3.21. The highest BCUT2D eigenvalue weighted by atomic mass is 79.9. The van der Waals surface area contributed by atoms with Crippen LogP contribution in [0.25, 0.3) is 0 Å². The Bertz CT molecular complexity index is 596. The van der Waals surface area contributed by atoms with Crippen LogP contribution >= 0.6 is 31.9 Å². The topological polar surface area (TPSA) is 29.1 Å². The molecule has 2 aromatic carbocycles. The monoisotopic (exact) mass is 367 g/mol. The van der Waals surface area contributed by atoms with Gasteiger partial charge in [-0.1, -0.05) is 37.9 Å². The van der Waals surface area contributed by atoms with Gasteiger partial charge >= 0.3 is 0 Å². The number of hydrogen-bond acceptors (Lipinski definition) is 1. The summed E-state index contributed by atoms with van der Waals surface area (Å²) in [6, 6.07) is 13.0. The van der Waals surface area contributed by atoms with Crippen molar-refractivity contribution in [3.05, 3.63) is 62.5 Å². The van der Waals surface area contributed by atoms with Crippen molar-refractivity contribution in [3.63, 3.8) is 0 Å². The molecule has 2 nitrogen and oxygen atoms in total. The molecular weight excluding hydrogens is 358 g/mol. The predicted octanol–water partition coefficient (Wildman–Crippen LogP) is 4.77. The Hall–Kier alpha value is -1.13. The average molecular weight is 369 g/mol. The van der Waals surface area contributed by atoms with Crippen molar-refractivity contribution >= 4 is 43.5 Å². The molecule has 0 saturated heterocycles. The summed E-state index contributed by atoms with van der Waals surface area (Å²) in [4.78, 5) is 12.0. The Morgan fingerprint density at radius 3 is 2.56 bits per heavy atom. The van der Waals surface area contributed by atoms with Crippen LogP contribution in [0.15, 0.2) is 51.4 Å². The predicted molar refractivity (Wildman–Crippen MR) is 81.0 cm³/mol. The summed E-state index contributed by atoms with van der Waals surface area (Å²) < 4.78 is 1.92. The van der Waals surface area contributed by atoms with Gasteiger partial charge in [0.2, 0.25) is 0 Å². The van der Waals surface area contributed by atoms with E-state index in [4.69, 9.17) is 0 Å². The van der Waals surface area contributed by atoms with Gasteiger partial charge in [0, 0.05) is 20.2 Å². The molecular formula is C14H11Br2NO. The number of carbonyl (C=O) groups is 1. The zero-order valence-electron chi connectivity index (χ0n) is 9.71. The highest BCUT2D eigenvalue weighted by Crippen LogP contribution is 2.21. The second kappa shape index (κ2) is 5.67. The molecule has 0 atom stereocenters. The molecule has 2 rings (SSSR count). The quantitative estimate of drug-likeness (QED) is 0.812. The number of halogens is 2. The van der Waals surface area contributed by atoms with Crippen LogP contribution < -0.4 is 5.32 Å². The molecule has 0 radical (unpaired) electrons. The number of nitrogens with one attached hydrogen (secondary N) is 1. The SMILES string of the molecule is Cc1cc(NC(=O)c2cccc(Br)c2)ccc1Br. The number of rotatable bonds is 2. The zero-order valence-corrected chi connectivity index (χ0v) is 12.9. The van der Waals surface area contributed by atoms with Gasteiger partial charge in [-0.25, -0.2) is 0 Å². The van der Waals surface area contributed by atoms with Crippen molar-refractivity contribution < 1.29 is 4.79 Å². The van der Waals surface area contributed by atoms with Crippen molar-refractivity contribution in [1.29, 1.82) is 0 Å². The first-order chi connectivity index (χ1) is 8.56. The summed E-state index contributed by atoms with van der Waals surface area (Å²) in [7, 11) is 0. The van der Waals surface area contributed by atoms with Crippen LogP contribution in [-0.2, 0) is 0 Å². The van der Waals surface area contributed by atoms with Crippen LogP contribution in [0.3, 0.4) is 0 Å². The first-order valence-electron chi connectivity index (χ1n) is 5.39. The molecule has 2 aromatic rings. The molecule has 0 aromatic heterocycles. The maximum Gasteiger partial charge on any atom is 0.255 e. The minimum absolute atomic E-state index is 0.113. The largest absolute Gasteiger partial charge is 0.322 e. The number of benzene rings is 2. The highest BCUT2D eigenvalue weighted by molar-refractivity contribution is 9.10. The summed E-state index contributed by atoms with van der Waals surface area (Å²) in [6.45, 7) is 1.98. The second-order valence-corrected chi connectivity index (χ2v) is 5.70. The fourth-order valence-corrected chi connectivity index (χ4v) is 2.20. The lowest BCUT2D eigenvalue weighted by Gasteiger charge is -2.07. The molecule has 18 heavy (non-hydrogen) atoms. The lowest BCUT2D eigenvalue weighted by Crippen LogP contribution is -2.11. The van der Waals surface area contributed by atoms with E-state index in [9.17, 15) is 4.79 Å². The molecule has 0 aliphatic rings. The molecule has 0 bridgehead atoms. The van der Waals surface area contributed by atoms with E-state index in [-0.39, 0.29) is 5.91 Å². The number of carbonyl (C=O) groups excluding carboxylic acids is 1. The van der Waals surface area contributed by atoms with E-state index in [2.05, 4.69) is 37.2 Å². The van der Waals surface area contributed by atoms with Crippen molar-refractivity contribution in [2.45, 2.75) is 6.92 Å². The first kappa shape index (κ1) is 13.3. The molecule has 0 aliphatic heterocycles. The van der Waals surface area contributed by atoms with Gasteiger partial charge in [0.1, 0.15) is 0 Å². The fraction of sp³-hybridized carbons (Fsp3) is 0.0714. The second-order valence-electron chi connectivity index (χ2n) is 3.93. The molecule has 4 heteroatoms.